The summed E-state index contributed by atoms with van der Waals surface area (Å²) >= 11 is 0. The Morgan fingerprint density at radius 3 is 2.55 bits per heavy atom. The predicted molar refractivity (Wildman–Crippen MR) is 112 cm³/mol. The van der Waals surface area contributed by atoms with Gasteiger partial charge in [0.25, 0.3) is 5.91 Å². The van der Waals surface area contributed by atoms with Gasteiger partial charge >= 0.3 is 0 Å². The van der Waals surface area contributed by atoms with Crippen LogP contribution in [0, 0.1) is 11.6 Å². The number of nitrogens with zero attached hydrogens (tertiary/aromatic N) is 3. The summed E-state index contributed by atoms with van der Waals surface area (Å²) in [6, 6.07) is 8.53. The molecule has 3 aromatic rings. The Bertz CT molecular complexity index is 1170. The lowest BCUT2D eigenvalue weighted by atomic mass is 10.1. The van der Waals surface area contributed by atoms with Crippen LogP contribution in [0.15, 0.2) is 47.5 Å². The molecule has 6 nitrogen and oxygen atoms in total. The van der Waals surface area contributed by atoms with Crippen LogP contribution in [0.5, 0.6) is 5.75 Å². The maximum Gasteiger partial charge on any atom is 0.258 e. The molecular formula is C22H21F2N3O3S. The molecule has 1 unspecified atom stereocenters. The van der Waals surface area contributed by atoms with E-state index < -0.39 is 22.4 Å². The molecule has 1 amide bonds. The summed E-state index contributed by atoms with van der Waals surface area (Å²) in [6.45, 7) is 4.32. The van der Waals surface area contributed by atoms with Crippen molar-refractivity contribution in [1.29, 1.82) is 0 Å². The zero-order chi connectivity index (χ0) is 22.3. The zero-order valence-electron chi connectivity index (χ0n) is 17.3. The van der Waals surface area contributed by atoms with Crippen LogP contribution in [-0.4, -0.2) is 37.2 Å². The molecule has 1 aliphatic heterocycles. The van der Waals surface area contributed by atoms with Gasteiger partial charge in [-0.15, -0.1) is 0 Å². The molecule has 4 rings (SSSR count). The minimum absolute atomic E-state index is 0.126. The average molecular weight is 445 g/mol. The van der Waals surface area contributed by atoms with Crippen molar-refractivity contribution >= 4 is 16.7 Å². The minimum atomic E-state index is -1.24. The van der Waals surface area contributed by atoms with Gasteiger partial charge in [-0.1, -0.05) is 0 Å². The number of rotatable bonds is 5. The molecule has 162 valence electrons. The fraction of sp³-hybridized carbons (Fsp3) is 0.273. The number of ether oxygens (including phenoxy) is 1. The molecule has 9 heteroatoms. The van der Waals surface area contributed by atoms with E-state index in [1.807, 2.05) is 13.8 Å². The van der Waals surface area contributed by atoms with Crippen molar-refractivity contribution in [2.75, 3.05) is 6.26 Å². The van der Waals surface area contributed by atoms with Gasteiger partial charge in [-0.2, -0.15) is 5.10 Å². The molecule has 0 saturated carbocycles. The van der Waals surface area contributed by atoms with Crippen LogP contribution in [0.3, 0.4) is 0 Å². The van der Waals surface area contributed by atoms with E-state index in [-0.39, 0.29) is 18.6 Å². The maximum atomic E-state index is 13.5. The lowest BCUT2D eigenvalue weighted by Crippen LogP contribution is -2.27. The first-order valence-corrected chi connectivity index (χ1v) is 11.2. The number of carbonyl (C=O) groups excluding carboxylic acids is 1. The molecule has 0 aliphatic carbocycles. The molecule has 1 aliphatic rings. The topological polar surface area (TPSA) is 64.4 Å². The van der Waals surface area contributed by atoms with Crippen LogP contribution in [0.1, 0.15) is 35.5 Å². The number of benzene rings is 2. The van der Waals surface area contributed by atoms with E-state index in [1.165, 1.54) is 10.7 Å². The fourth-order valence-corrected chi connectivity index (χ4v) is 3.98. The van der Waals surface area contributed by atoms with Gasteiger partial charge in [0.1, 0.15) is 5.75 Å². The lowest BCUT2D eigenvalue weighted by molar-refractivity contribution is 0.0742. The van der Waals surface area contributed by atoms with Gasteiger partial charge < -0.3 is 9.64 Å². The van der Waals surface area contributed by atoms with E-state index >= 15 is 0 Å². The highest BCUT2D eigenvalue weighted by molar-refractivity contribution is 7.84. The van der Waals surface area contributed by atoms with Crippen LogP contribution in [0.25, 0.3) is 5.69 Å². The number of hydrogen-bond donors (Lipinski definition) is 0. The molecule has 0 bridgehead atoms. The Morgan fingerprint density at radius 2 is 1.90 bits per heavy atom. The van der Waals surface area contributed by atoms with Crippen molar-refractivity contribution in [3.63, 3.8) is 0 Å². The molecule has 2 aromatic carbocycles. The lowest BCUT2D eigenvalue weighted by Gasteiger charge is -2.20. The van der Waals surface area contributed by atoms with E-state index in [9.17, 15) is 17.8 Å². The van der Waals surface area contributed by atoms with Gasteiger partial charge in [-0.05, 0) is 44.2 Å². The Labute approximate surface area is 180 Å². The van der Waals surface area contributed by atoms with E-state index in [4.69, 9.17) is 4.74 Å². The standard InChI is InChI=1S/C22H21F2N3O3S/c1-13(2)30-21-7-5-16(31(3)29)9-17(21)22(28)26-10-14-11-27(25-20(14)12-26)15-4-6-18(23)19(24)8-15/h4-9,11,13H,10,12H2,1-3H3. The molecule has 1 aromatic heterocycles. The number of fused-ring (bicyclic) bond motifs is 1. The molecule has 31 heavy (non-hydrogen) atoms. The number of amides is 1. The summed E-state index contributed by atoms with van der Waals surface area (Å²) in [5.74, 6) is -1.68. The van der Waals surface area contributed by atoms with E-state index in [0.29, 0.717) is 34.1 Å². The molecular weight excluding hydrogens is 424 g/mol. The summed E-state index contributed by atoms with van der Waals surface area (Å²) in [4.78, 5) is 15.4. The summed E-state index contributed by atoms with van der Waals surface area (Å²) in [5.41, 5.74) is 2.25. The summed E-state index contributed by atoms with van der Waals surface area (Å²) in [5, 5.41) is 4.43. The third-order valence-electron chi connectivity index (χ3n) is 4.91. The largest absolute Gasteiger partial charge is 0.490 e. The van der Waals surface area contributed by atoms with Crippen molar-refractivity contribution in [2.24, 2.45) is 0 Å². The Balaban J connectivity index is 1.59. The van der Waals surface area contributed by atoms with Crippen LogP contribution in [0.4, 0.5) is 8.78 Å². The SMILES string of the molecule is CC(C)Oc1ccc(S(C)=O)cc1C(=O)N1Cc2cn(-c3ccc(F)c(F)c3)nc2C1. The highest BCUT2D eigenvalue weighted by Crippen LogP contribution is 2.29. The van der Waals surface area contributed by atoms with E-state index in [0.717, 1.165) is 17.7 Å². The van der Waals surface area contributed by atoms with Gasteiger partial charge in [0.2, 0.25) is 0 Å². The first-order valence-electron chi connectivity index (χ1n) is 9.69. The summed E-state index contributed by atoms with van der Waals surface area (Å²) in [6.07, 6.45) is 3.14. The van der Waals surface area contributed by atoms with E-state index in [2.05, 4.69) is 5.10 Å². The zero-order valence-corrected chi connectivity index (χ0v) is 18.1. The number of hydrogen-bond acceptors (Lipinski definition) is 4. The normalized spacial score (nSPS) is 14.1. The third kappa shape index (κ3) is 4.23. The number of aromatic nitrogens is 2. The smallest absolute Gasteiger partial charge is 0.258 e. The molecule has 0 fully saturated rings. The van der Waals surface area contributed by atoms with Gasteiger partial charge in [-0.25, -0.2) is 13.5 Å². The van der Waals surface area contributed by atoms with Gasteiger partial charge in [-0.3, -0.25) is 9.00 Å². The highest BCUT2D eigenvalue weighted by Gasteiger charge is 2.29. The molecule has 1 atom stereocenters. The van der Waals surface area contributed by atoms with Crippen LogP contribution >= 0.6 is 0 Å². The first-order chi connectivity index (χ1) is 14.7. The second kappa shape index (κ2) is 8.22. The second-order valence-electron chi connectivity index (χ2n) is 7.58. The van der Waals surface area contributed by atoms with Crippen molar-refractivity contribution in [1.82, 2.24) is 14.7 Å². The Morgan fingerprint density at radius 1 is 1.13 bits per heavy atom. The predicted octanol–water partition coefficient (Wildman–Crippen LogP) is 3.83. The van der Waals surface area contributed by atoms with Crippen molar-refractivity contribution in [3.8, 4) is 11.4 Å². The van der Waals surface area contributed by atoms with Crippen LogP contribution in [-0.2, 0) is 23.9 Å². The van der Waals surface area contributed by atoms with Crippen molar-refractivity contribution < 1.29 is 22.5 Å². The van der Waals surface area contributed by atoms with E-state index in [1.54, 1.807) is 35.6 Å². The van der Waals surface area contributed by atoms with Crippen molar-refractivity contribution in [2.45, 2.75) is 37.9 Å². The van der Waals surface area contributed by atoms with Gasteiger partial charge in [0.15, 0.2) is 11.6 Å². The van der Waals surface area contributed by atoms with Gasteiger partial charge in [0, 0.05) is 46.3 Å². The highest BCUT2D eigenvalue weighted by atomic mass is 32.2. The molecule has 0 N–H and O–H groups in total. The summed E-state index contributed by atoms with van der Waals surface area (Å²) in [7, 11) is -1.24. The minimum Gasteiger partial charge on any atom is -0.490 e. The molecule has 2 heterocycles. The quantitative estimate of drug-likeness (QED) is 0.599. The molecule has 0 spiro atoms. The number of halogens is 2. The van der Waals surface area contributed by atoms with Crippen LogP contribution < -0.4 is 4.74 Å². The van der Waals surface area contributed by atoms with Crippen LogP contribution in [0.2, 0.25) is 0 Å². The third-order valence-corrected chi connectivity index (χ3v) is 5.83. The second-order valence-corrected chi connectivity index (χ2v) is 8.96. The Hall–Kier alpha value is -3.07. The first kappa shape index (κ1) is 21.2. The monoisotopic (exact) mass is 445 g/mol. The summed E-state index contributed by atoms with van der Waals surface area (Å²) < 4.78 is 45.9. The van der Waals surface area contributed by atoms with Gasteiger partial charge in [0.05, 0.1) is 29.6 Å². The Kier molecular flexibility index (Phi) is 5.62. The molecule has 0 radical (unpaired) electrons. The average Bonchev–Trinajstić information content (AvgIpc) is 3.28. The fourth-order valence-electron chi connectivity index (χ4n) is 3.44. The molecule has 0 saturated heterocycles. The number of carbonyl (C=O) groups is 1. The maximum absolute atomic E-state index is 13.5. The van der Waals surface area contributed by atoms with Crippen molar-refractivity contribution in [3.05, 3.63) is 71.1 Å².